The molecule has 0 spiro atoms. The van der Waals surface area contributed by atoms with Gasteiger partial charge in [-0.05, 0) is 62.4 Å². The third kappa shape index (κ3) is 1.46. The van der Waals surface area contributed by atoms with E-state index in [1.54, 1.807) is 0 Å². The Morgan fingerprint density at radius 2 is 1.55 bits per heavy atom. The van der Waals surface area contributed by atoms with Crippen LogP contribution in [0.4, 0.5) is 0 Å². The van der Waals surface area contributed by atoms with Crippen molar-refractivity contribution in [2.24, 2.45) is 0 Å². The molecule has 22 heavy (non-hydrogen) atoms. The van der Waals surface area contributed by atoms with Crippen LogP contribution in [-0.4, -0.2) is 16.3 Å². The summed E-state index contributed by atoms with van der Waals surface area (Å²) in [7, 11) is 0. The van der Waals surface area contributed by atoms with E-state index in [0.29, 0.717) is 6.42 Å². The molecule has 1 aliphatic rings. The normalized spacial score (nSPS) is 21.7. The van der Waals surface area contributed by atoms with Gasteiger partial charge in [-0.25, -0.2) is 0 Å². The Hall–Kier alpha value is -2.16. The van der Waals surface area contributed by atoms with E-state index in [-0.39, 0.29) is 0 Å². The first-order valence-corrected chi connectivity index (χ1v) is 7.79. The summed E-state index contributed by atoms with van der Waals surface area (Å²) in [6, 6.07) is 17.1. The Morgan fingerprint density at radius 3 is 2.36 bits per heavy atom. The van der Waals surface area contributed by atoms with Crippen molar-refractivity contribution in [1.82, 2.24) is 0 Å². The highest BCUT2D eigenvalue weighted by Crippen LogP contribution is 2.41. The van der Waals surface area contributed by atoms with Crippen LogP contribution < -0.4 is 0 Å². The summed E-state index contributed by atoms with van der Waals surface area (Å²) in [5, 5.41) is 27.8. The molecule has 0 aromatic heterocycles. The van der Waals surface area contributed by atoms with Crippen LogP contribution in [0.2, 0.25) is 0 Å². The zero-order valence-electron chi connectivity index (χ0n) is 12.1. The van der Waals surface area contributed by atoms with E-state index >= 15 is 0 Å². The molecule has 0 amide bonds. The smallest absolute Gasteiger partial charge is 0.105 e. The highest BCUT2D eigenvalue weighted by Gasteiger charge is 2.28. The molecule has 0 fully saturated rings. The Labute approximate surface area is 127 Å². The lowest BCUT2D eigenvalue weighted by molar-refractivity contribution is 0.00683. The maximum atomic E-state index is 10.4. The van der Waals surface area contributed by atoms with Gasteiger partial charge < -0.3 is 10.2 Å². The van der Waals surface area contributed by atoms with Gasteiger partial charge in [-0.1, -0.05) is 42.5 Å². The molecule has 0 radical (unpaired) electrons. The molecular formula is C20H16O2. The molecule has 2 heteroatoms. The fourth-order valence-corrected chi connectivity index (χ4v) is 4.09. The number of rotatable bonds is 0. The van der Waals surface area contributed by atoms with E-state index < -0.39 is 12.2 Å². The van der Waals surface area contributed by atoms with E-state index in [1.165, 1.54) is 32.5 Å². The number of hydrogen-bond acceptors (Lipinski definition) is 2. The van der Waals surface area contributed by atoms with Gasteiger partial charge in [-0.15, -0.1) is 0 Å². The number of fused-ring (bicyclic) bond motifs is 2. The highest BCUT2D eigenvalue weighted by atomic mass is 16.3. The fourth-order valence-electron chi connectivity index (χ4n) is 4.09. The van der Waals surface area contributed by atoms with Crippen molar-refractivity contribution in [1.29, 1.82) is 0 Å². The predicted molar refractivity (Wildman–Crippen MR) is 89.4 cm³/mol. The van der Waals surface area contributed by atoms with Crippen molar-refractivity contribution < 1.29 is 10.2 Å². The van der Waals surface area contributed by atoms with Gasteiger partial charge in [0.2, 0.25) is 0 Å². The van der Waals surface area contributed by atoms with Gasteiger partial charge in [0.25, 0.3) is 0 Å². The SMILES string of the molecule is O[C@@H]1CCc2c(cc3ccc4cccc5ccc2c3c45)[C@@H]1O. The third-order valence-electron chi connectivity index (χ3n) is 5.17. The maximum absolute atomic E-state index is 10.4. The Morgan fingerprint density at radius 1 is 0.818 bits per heavy atom. The number of benzene rings is 4. The second-order valence-electron chi connectivity index (χ2n) is 6.35. The number of hydrogen-bond donors (Lipinski definition) is 2. The van der Waals surface area contributed by atoms with E-state index in [9.17, 15) is 10.2 Å². The Bertz CT molecular complexity index is 1000. The van der Waals surface area contributed by atoms with Crippen LogP contribution in [0, 0.1) is 0 Å². The van der Waals surface area contributed by atoms with E-state index in [2.05, 4.69) is 48.5 Å². The largest absolute Gasteiger partial charge is 0.390 e. The van der Waals surface area contributed by atoms with E-state index in [4.69, 9.17) is 0 Å². The van der Waals surface area contributed by atoms with Crippen molar-refractivity contribution in [3.05, 3.63) is 59.7 Å². The van der Waals surface area contributed by atoms with Gasteiger partial charge in [-0.3, -0.25) is 0 Å². The van der Waals surface area contributed by atoms with Crippen LogP contribution in [0.15, 0.2) is 48.5 Å². The molecule has 2 nitrogen and oxygen atoms in total. The lowest BCUT2D eigenvalue weighted by atomic mass is 9.81. The molecule has 0 bridgehead atoms. The molecule has 2 atom stereocenters. The molecule has 0 saturated heterocycles. The van der Waals surface area contributed by atoms with Crippen molar-refractivity contribution in [2.45, 2.75) is 25.0 Å². The van der Waals surface area contributed by atoms with Gasteiger partial charge in [0.1, 0.15) is 6.10 Å². The summed E-state index contributed by atoms with van der Waals surface area (Å²) in [5.74, 6) is 0. The van der Waals surface area contributed by atoms with Crippen LogP contribution in [0.25, 0.3) is 32.3 Å². The summed E-state index contributed by atoms with van der Waals surface area (Å²) in [6.45, 7) is 0. The van der Waals surface area contributed by atoms with Gasteiger partial charge >= 0.3 is 0 Å². The third-order valence-corrected chi connectivity index (χ3v) is 5.17. The molecule has 1 aliphatic carbocycles. The molecule has 0 saturated carbocycles. The summed E-state index contributed by atoms with van der Waals surface area (Å²) < 4.78 is 0. The minimum Gasteiger partial charge on any atom is -0.390 e. The molecule has 4 aromatic rings. The predicted octanol–water partition coefficient (Wildman–Crippen LogP) is 3.92. The van der Waals surface area contributed by atoms with Crippen molar-refractivity contribution >= 4 is 32.3 Å². The second kappa shape index (κ2) is 4.19. The average Bonchev–Trinajstić information content (AvgIpc) is 2.56. The molecule has 4 aromatic carbocycles. The first-order chi connectivity index (χ1) is 10.7. The zero-order chi connectivity index (χ0) is 14.8. The standard InChI is InChI=1S/C20H16O2/c21-17-9-8-14-15-7-6-12-3-1-2-11-4-5-13(19(15)18(11)12)10-16(14)20(17)22/h1-7,10,17,20-22H,8-9H2/t17-,20+/m1/s1. The van der Waals surface area contributed by atoms with Crippen molar-refractivity contribution in [2.75, 3.05) is 0 Å². The van der Waals surface area contributed by atoms with Crippen LogP contribution in [0.5, 0.6) is 0 Å². The molecule has 2 N–H and O–H groups in total. The van der Waals surface area contributed by atoms with Crippen LogP contribution in [-0.2, 0) is 6.42 Å². The highest BCUT2D eigenvalue weighted by molar-refractivity contribution is 6.23. The molecule has 0 aliphatic heterocycles. The van der Waals surface area contributed by atoms with E-state index in [0.717, 1.165) is 17.4 Å². The summed E-state index contributed by atoms with van der Waals surface area (Å²) >= 11 is 0. The van der Waals surface area contributed by atoms with Crippen molar-refractivity contribution in [3.8, 4) is 0 Å². The van der Waals surface area contributed by atoms with Gasteiger partial charge in [-0.2, -0.15) is 0 Å². The first kappa shape index (κ1) is 12.4. The second-order valence-corrected chi connectivity index (χ2v) is 6.35. The molecule has 108 valence electrons. The molecule has 0 unspecified atom stereocenters. The summed E-state index contributed by atoms with van der Waals surface area (Å²) in [5.41, 5.74) is 2.09. The van der Waals surface area contributed by atoms with Gasteiger partial charge in [0.15, 0.2) is 0 Å². The van der Waals surface area contributed by atoms with Crippen LogP contribution >= 0.6 is 0 Å². The minimum atomic E-state index is -0.773. The molecule has 5 rings (SSSR count). The summed E-state index contributed by atoms with van der Waals surface area (Å²) in [6.07, 6.45) is 0.0197. The topological polar surface area (TPSA) is 40.5 Å². The Balaban J connectivity index is 2.01. The first-order valence-electron chi connectivity index (χ1n) is 7.79. The number of aliphatic hydroxyl groups is 2. The monoisotopic (exact) mass is 288 g/mol. The number of aryl methyl sites for hydroxylation is 1. The van der Waals surface area contributed by atoms with Crippen LogP contribution in [0.3, 0.4) is 0 Å². The quantitative estimate of drug-likeness (QED) is 0.481. The fraction of sp³-hybridized carbons (Fsp3) is 0.200. The number of aliphatic hydroxyl groups excluding tert-OH is 2. The average molecular weight is 288 g/mol. The van der Waals surface area contributed by atoms with Gasteiger partial charge in [0.05, 0.1) is 6.10 Å². The zero-order valence-corrected chi connectivity index (χ0v) is 12.1. The van der Waals surface area contributed by atoms with E-state index in [1.807, 2.05) is 0 Å². The minimum absolute atomic E-state index is 0.623. The lowest BCUT2D eigenvalue weighted by Crippen LogP contribution is -2.25. The summed E-state index contributed by atoms with van der Waals surface area (Å²) in [4.78, 5) is 0. The maximum Gasteiger partial charge on any atom is 0.105 e. The van der Waals surface area contributed by atoms with Crippen LogP contribution in [0.1, 0.15) is 23.7 Å². The van der Waals surface area contributed by atoms with Gasteiger partial charge in [0, 0.05) is 0 Å². The molecule has 0 heterocycles. The Kier molecular flexibility index (Phi) is 2.36. The lowest BCUT2D eigenvalue weighted by Gasteiger charge is -2.28. The van der Waals surface area contributed by atoms with Crippen molar-refractivity contribution in [3.63, 3.8) is 0 Å². The molecular weight excluding hydrogens is 272 g/mol.